The Bertz CT molecular complexity index is 825. The topological polar surface area (TPSA) is 70.2 Å². The van der Waals surface area contributed by atoms with Crippen LogP contribution in [-0.4, -0.2) is 16.9 Å². The molecule has 0 radical (unpaired) electrons. The van der Waals surface area contributed by atoms with Gasteiger partial charge in [0.2, 0.25) is 5.91 Å². The number of hydrazine groups is 1. The number of nitrogens with one attached hydrogen (secondary N) is 3. The molecule has 3 N–H and O–H groups in total. The monoisotopic (exact) mass is 377 g/mol. The van der Waals surface area contributed by atoms with Crippen molar-refractivity contribution in [2.24, 2.45) is 0 Å². The number of hydrogen-bond donors (Lipinski definition) is 3. The summed E-state index contributed by atoms with van der Waals surface area (Å²) in [4.78, 5) is 23.6. The number of carbonyl (C=O) groups is 2. The molecule has 2 rings (SSSR count). The van der Waals surface area contributed by atoms with Crippen molar-refractivity contribution < 1.29 is 14.0 Å². The third kappa shape index (κ3) is 6.33. The summed E-state index contributed by atoms with van der Waals surface area (Å²) in [7, 11) is 0. The van der Waals surface area contributed by atoms with Crippen LogP contribution in [0.5, 0.6) is 0 Å². The van der Waals surface area contributed by atoms with E-state index in [1.165, 1.54) is 42.5 Å². The molecule has 2 aromatic rings. The van der Waals surface area contributed by atoms with Gasteiger partial charge < -0.3 is 0 Å². The summed E-state index contributed by atoms with van der Waals surface area (Å²) in [6, 6.07) is 12.0. The van der Waals surface area contributed by atoms with Gasteiger partial charge in [-0.15, -0.1) is 0 Å². The van der Waals surface area contributed by atoms with Crippen molar-refractivity contribution in [3.8, 4) is 0 Å². The molecular weight excluding hydrogens is 365 g/mol. The first-order valence-electron chi connectivity index (χ1n) is 7.04. The Labute approximate surface area is 153 Å². The maximum absolute atomic E-state index is 12.8. The van der Waals surface area contributed by atoms with Crippen LogP contribution < -0.4 is 16.2 Å². The zero-order valence-electron chi connectivity index (χ0n) is 12.8. The van der Waals surface area contributed by atoms with E-state index < -0.39 is 11.8 Å². The lowest BCUT2D eigenvalue weighted by Crippen LogP contribution is -2.48. The van der Waals surface area contributed by atoms with Gasteiger partial charge in [0.1, 0.15) is 5.82 Å². The van der Waals surface area contributed by atoms with Crippen molar-refractivity contribution >= 4 is 46.8 Å². The van der Waals surface area contributed by atoms with Crippen LogP contribution in [0.2, 0.25) is 5.02 Å². The summed E-state index contributed by atoms with van der Waals surface area (Å²) < 4.78 is 12.8. The van der Waals surface area contributed by atoms with Gasteiger partial charge >= 0.3 is 0 Å². The number of hydrogen-bond acceptors (Lipinski definition) is 3. The number of rotatable bonds is 3. The average molecular weight is 378 g/mol. The number of benzene rings is 2. The van der Waals surface area contributed by atoms with Crippen molar-refractivity contribution in [3.63, 3.8) is 0 Å². The van der Waals surface area contributed by atoms with Crippen LogP contribution in [0.1, 0.15) is 15.9 Å². The molecule has 2 aromatic carbocycles. The van der Waals surface area contributed by atoms with Crippen LogP contribution in [0.3, 0.4) is 0 Å². The van der Waals surface area contributed by atoms with Crippen LogP contribution in [0.15, 0.2) is 54.6 Å². The first-order valence-corrected chi connectivity index (χ1v) is 7.83. The van der Waals surface area contributed by atoms with E-state index in [0.717, 1.165) is 0 Å². The predicted octanol–water partition coefficient (Wildman–Crippen LogP) is 2.83. The molecule has 5 nitrogen and oxygen atoms in total. The molecule has 2 amide bonds. The highest BCUT2D eigenvalue weighted by atomic mass is 35.5. The Morgan fingerprint density at radius 3 is 2.48 bits per heavy atom. The van der Waals surface area contributed by atoms with Gasteiger partial charge in [-0.3, -0.25) is 25.8 Å². The SMILES string of the molecule is O=C(C=Cc1ccc(F)cc1)NC(=S)NNC(=O)c1cccc(Cl)c1. The Morgan fingerprint density at radius 2 is 1.80 bits per heavy atom. The lowest BCUT2D eigenvalue weighted by Gasteiger charge is -2.09. The molecule has 0 bridgehead atoms. The van der Waals surface area contributed by atoms with E-state index in [4.69, 9.17) is 23.8 Å². The van der Waals surface area contributed by atoms with E-state index >= 15 is 0 Å². The second kappa shape index (κ2) is 8.91. The van der Waals surface area contributed by atoms with Crippen LogP contribution in [0.4, 0.5) is 4.39 Å². The molecule has 0 saturated heterocycles. The summed E-state index contributed by atoms with van der Waals surface area (Å²) in [5.74, 6) is -1.32. The molecule has 8 heteroatoms. The summed E-state index contributed by atoms with van der Waals surface area (Å²) in [5.41, 5.74) is 5.75. The maximum atomic E-state index is 12.8. The van der Waals surface area contributed by atoms with Crippen LogP contribution in [0, 0.1) is 5.82 Å². The first kappa shape index (κ1) is 18.6. The maximum Gasteiger partial charge on any atom is 0.269 e. The van der Waals surface area contributed by atoms with E-state index in [9.17, 15) is 14.0 Å². The summed E-state index contributed by atoms with van der Waals surface area (Å²) in [5, 5.41) is 2.71. The van der Waals surface area contributed by atoms with E-state index in [0.29, 0.717) is 16.1 Å². The lowest BCUT2D eigenvalue weighted by atomic mass is 10.2. The van der Waals surface area contributed by atoms with Gasteiger partial charge in [-0.2, -0.15) is 0 Å². The molecule has 0 atom stereocenters. The molecular formula is C17H13ClFN3O2S. The summed E-state index contributed by atoms with van der Waals surface area (Å²) >= 11 is 10.7. The number of thiocarbonyl (C=S) groups is 1. The largest absolute Gasteiger partial charge is 0.298 e. The van der Waals surface area contributed by atoms with E-state index in [1.54, 1.807) is 18.2 Å². The molecule has 0 aliphatic carbocycles. The highest BCUT2D eigenvalue weighted by molar-refractivity contribution is 7.80. The lowest BCUT2D eigenvalue weighted by molar-refractivity contribution is -0.115. The van der Waals surface area contributed by atoms with E-state index in [-0.39, 0.29) is 10.9 Å². The second-order valence-corrected chi connectivity index (χ2v) is 5.64. The minimum absolute atomic E-state index is 0.0795. The normalized spacial score (nSPS) is 10.3. The average Bonchev–Trinajstić information content (AvgIpc) is 2.59. The molecule has 0 fully saturated rings. The zero-order chi connectivity index (χ0) is 18.2. The Balaban J connectivity index is 1.80. The van der Waals surface area contributed by atoms with Gasteiger partial charge in [-0.1, -0.05) is 29.8 Å². The van der Waals surface area contributed by atoms with Gasteiger partial charge in [-0.25, -0.2) is 4.39 Å². The van der Waals surface area contributed by atoms with Gasteiger partial charge in [0.25, 0.3) is 5.91 Å². The van der Waals surface area contributed by atoms with Crippen LogP contribution >= 0.6 is 23.8 Å². The Kier molecular flexibility index (Phi) is 6.62. The quantitative estimate of drug-likeness (QED) is 0.437. The van der Waals surface area contributed by atoms with Crippen LogP contribution in [-0.2, 0) is 4.79 Å². The van der Waals surface area contributed by atoms with Gasteiger partial charge in [-0.05, 0) is 54.2 Å². The summed E-state index contributed by atoms with van der Waals surface area (Å²) in [6.07, 6.45) is 2.74. The van der Waals surface area contributed by atoms with Crippen molar-refractivity contribution in [2.75, 3.05) is 0 Å². The number of carbonyl (C=O) groups excluding carboxylic acids is 2. The van der Waals surface area contributed by atoms with Crippen molar-refractivity contribution in [1.29, 1.82) is 0 Å². The molecule has 0 heterocycles. The van der Waals surface area contributed by atoms with E-state index in [2.05, 4.69) is 16.2 Å². The third-order valence-corrected chi connectivity index (χ3v) is 3.35. The molecule has 25 heavy (non-hydrogen) atoms. The minimum Gasteiger partial charge on any atom is -0.298 e. The smallest absolute Gasteiger partial charge is 0.269 e. The van der Waals surface area contributed by atoms with Crippen molar-refractivity contribution in [3.05, 3.63) is 76.6 Å². The van der Waals surface area contributed by atoms with Gasteiger partial charge in [0.05, 0.1) is 0 Å². The molecule has 0 aliphatic rings. The Morgan fingerprint density at radius 1 is 1.08 bits per heavy atom. The number of halogens is 2. The van der Waals surface area contributed by atoms with Crippen LogP contribution in [0.25, 0.3) is 6.08 Å². The molecule has 0 unspecified atom stereocenters. The number of amides is 2. The zero-order valence-corrected chi connectivity index (χ0v) is 14.3. The molecule has 0 aromatic heterocycles. The van der Waals surface area contributed by atoms with Gasteiger partial charge in [0, 0.05) is 16.7 Å². The first-order chi connectivity index (χ1) is 11.9. The highest BCUT2D eigenvalue weighted by Gasteiger charge is 2.07. The highest BCUT2D eigenvalue weighted by Crippen LogP contribution is 2.10. The molecule has 0 saturated carbocycles. The fourth-order valence-corrected chi connectivity index (χ4v) is 2.09. The Hall–Kier alpha value is -2.77. The van der Waals surface area contributed by atoms with Crippen molar-refractivity contribution in [1.82, 2.24) is 16.2 Å². The van der Waals surface area contributed by atoms with Crippen molar-refractivity contribution in [2.45, 2.75) is 0 Å². The molecule has 0 aliphatic heterocycles. The minimum atomic E-state index is -0.501. The standard InChI is InChI=1S/C17H13ClFN3O2S/c18-13-3-1-2-12(10-13)16(24)21-22-17(25)20-15(23)9-6-11-4-7-14(19)8-5-11/h1-10H,(H,21,24)(H2,20,22,23,25). The predicted molar refractivity (Wildman–Crippen MR) is 98.2 cm³/mol. The fourth-order valence-electron chi connectivity index (χ4n) is 1.75. The molecule has 0 spiro atoms. The summed E-state index contributed by atoms with van der Waals surface area (Å²) in [6.45, 7) is 0. The third-order valence-electron chi connectivity index (χ3n) is 2.91. The second-order valence-electron chi connectivity index (χ2n) is 4.79. The fraction of sp³-hybridized carbons (Fsp3) is 0. The van der Waals surface area contributed by atoms with Gasteiger partial charge in [0.15, 0.2) is 5.11 Å². The molecule has 128 valence electrons. The van der Waals surface area contributed by atoms with E-state index in [1.807, 2.05) is 0 Å².